The van der Waals surface area contributed by atoms with E-state index in [1.165, 1.54) is 11.8 Å². The van der Waals surface area contributed by atoms with Crippen LogP contribution in [0.15, 0.2) is 58.0 Å². The van der Waals surface area contributed by atoms with E-state index in [1.807, 2.05) is 62.4 Å². The molecule has 1 atom stereocenters. The highest BCUT2D eigenvalue weighted by Gasteiger charge is 2.35. The number of hydrogen-bond acceptors (Lipinski definition) is 5. The maximum Gasteiger partial charge on any atom is 0.238 e. The fourth-order valence-electron chi connectivity index (χ4n) is 2.84. The molecule has 152 valence electrons. The van der Waals surface area contributed by atoms with Crippen molar-refractivity contribution >= 4 is 56.0 Å². The van der Waals surface area contributed by atoms with Crippen LogP contribution >= 0.6 is 27.7 Å². The Morgan fingerprint density at radius 1 is 1.28 bits per heavy atom. The van der Waals surface area contributed by atoms with Crippen LogP contribution in [0.1, 0.15) is 20.3 Å². The van der Waals surface area contributed by atoms with Gasteiger partial charge in [-0.05, 0) is 56.3 Å². The van der Waals surface area contributed by atoms with Crippen molar-refractivity contribution in [3.8, 4) is 5.75 Å². The van der Waals surface area contributed by atoms with Crippen molar-refractivity contribution in [2.24, 2.45) is 4.99 Å². The van der Waals surface area contributed by atoms with E-state index in [0.717, 1.165) is 10.2 Å². The second-order valence-corrected chi connectivity index (χ2v) is 8.36. The molecule has 8 heteroatoms. The van der Waals surface area contributed by atoms with Gasteiger partial charge in [0, 0.05) is 23.1 Å². The van der Waals surface area contributed by atoms with Crippen molar-refractivity contribution in [1.82, 2.24) is 4.90 Å². The molecular formula is C21H22BrN3O3S. The molecule has 0 radical (unpaired) electrons. The van der Waals surface area contributed by atoms with Crippen LogP contribution in [0, 0.1) is 0 Å². The standard InChI is InChI=1S/C21H22BrN3O3S/c1-3-25-19(26)13-18(20(27)23-16-7-5-6-14(22)12-16)29-21(25)24-15-8-10-17(11-9-15)28-4-2/h5-12,18H,3-4,13H2,1-2H3,(H,23,27). The molecule has 2 amide bonds. The molecule has 1 saturated heterocycles. The van der Waals surface area contributed by atoms with E-state index in [2.05, 4.69) is 26.2 Å². The molecule has 1 heterocycles. The van der Waals surface area contributed by atoms with Crippen LogP contribution in [-0.4, -0.2) is 40.3 Å². The van der Waals surface area contributed by atoms with Crippen LogP contribution < -0.4 is 10.1 Å². The molecule has 29 heavy (non-hydrogen) atoms. The summed E-state index contributed by atoms with van der Waals surface area (Å²) >= 11 is 4.70. The van der Waals surface area contributed by atoms with Crippen LogP contribution in [0.25, 0.3) is 0 Å². The van der Waals surface area contributed by atoms with Crippen molar-refractivity contribution in [3.63, 3.8) is 0 Å². The number of amidine groups is 1. The van der Waals surface area contributed by atoms with E-state index < -0.39 is 5.25 Å². The normalized spacial score (nSPS) is 18.0. The van der Waals surface area contributed by atoms with E-state index in [0.29, 0.717) is 29.7 Å². The predicted molar refractivity (Wildman–Crippen MR) is 121 cm³/mol. The van der Waals surface area contributed by atoms with Gasteiger partial charge >= 0.3 is 0 Å². The third-order valence-corrected chi connectivity index (χ3v) is 5.89. The summed E-state index contributed by atoms with van der Waals surface area (Å²) in [7, 11) is 0. The maximum absolute atomic E-state index is 12.7. The number of anilines is 1. The Bertz CT molecular complexity index is 918. The predicted octanol–water partition coefficient (Wildman–Crippen LogP) is 4.83. The number of nitrogens with one attached hydrogen (secondary N) is 1. The van der Waals surface area contributed by atoms with Crippen molar-refractivity contribution in [1.29, 1.82) is 0 Å². The number of thioether (sulfide) groups is 1. The number of ether oxygens (including phenoxy) is 1. The first-order valence-electron chi connectivity index (χ1n) is 9.35. The van der Waals surface area contributed by atoms with Gasteiger partial charge in [0.05, 0.1) is 12.3 Å². The summed E-state index contributed by atoms with van der Waals surface area (Å²) in [5, 5.41) is 2.87. The van der Waals surface area contributed by atoms with Gasteiger partial charge in [-0.2, -0.15) is 0 Å². The smallest absolute Gasteiger partial charge is 0.238 e. The Morgan fingerprint density at radius 3 is 2.69 bits per heavy atom. The summed E-state index contributed by atoms with van der Waals surface area (Å²) < 4.78 is 6.32. The van der Waals surface area contributed by atoms with E-state index in [1.54, 1.807) is 4.90 Å². The number of carbonyl (C=O) groups is 2. The number of rotatable bonds is 6. The minimum absolute atomic E-state index is 0.106. The minimum Gasteiger partial charge on any atom is -0.494 e. The zero-order valence-corrected chi connectivity index (χ0v) is 18.6. The monoisotopic (exact) mass is 475 g/mol. The third kappa shape index (κ3) is 5.61. The summed E-state index contributed by atoms with van der Waals surface area (Å²) in [6, 6.07) is 14.7. The minimum atomic E-state index is -0.536. The quantitative estimate of drug-likeness (QED) is 0.649. The van der Waals surface area contributed by atoms with Crippen LogP contribution in [0.5, 0.6) is 5.75 Å². The van der Waals surface area contributed by atoms with Gasteiger partial charge in [-0.15, -0.1) is 0 Å². The first-order chi connectivity index (χ1) is 14.0. The summed E-state index contributed by atoms with van der Waals surface area (Å²) in [6.45, 7) is 4.92. The maximum atomic E-state index is 12.7. The van der Waals surface area contributed by atoms with E-state index >= 15 is 0 Å². The first kappa shape index (κ1) is 21.4. The second kappa shape index (κ2) is 9.93. The number of hydrogen-bond donors (Lipinski definition) is 1. The first-order valence-corrected chi connectivity index (χ1v) is 11.0. The number of aliphatic imine (C=N–C) groups is 1. The zero-order chi connectivity index (χ0) is 20.8. The molecule has 1 aliphatic heterocycles. The summed E-state index contributed by atoms with van der Waals surface area (Å²) in [6.07, 6.45) is 0.140. The molecule has 0 bridgehead atoms. The summed E-state index contributed by atoms with van der Waals surface area (Å²) in [5.41, 5.74) is 1.38. The molecule has 1 aliphatic rings. The third-order valence-electron chi connectivity index (χ3n) is 4.21. The lowest BCUT2D eigenvalue weighted by Gasteiger charge is -2.30. The van der Waals surface area contributed by atoms with E-state index in [9.17, 15) is 9.59 Å². The zero-order valence-electron chi connectivity index (χ0n) is 16.2. The Balaban J connectivity index is 1.78. The second-order valence-electron chi connectivity index (χ2n) is 6.27. The van der Waals surface area contributed by atoms with Crippen molar-refractivity contribution in [2.75, 3.05) is 18.5 Å². The van der Waals surface area contributed by atoms with Gasteiger partial charge in [-0.3, -0.25) is 14.5 Å². The lowest BCUT2D eigenvalue weighted by atomic mass is 10.2. The lowest BCUT2D eigenvalue weighted by molar-refractivity contribution is -0.129. The molecule has 0 aromatic heterocycles. The van der Waals surface area contributed by atoms with Gasteiger partial charge < -0.3 is 10.1 Å². The number of carbonyl (C=O) groups excluding carboxylic acids is 2. The number of benzene rings is 2. The molecule has 2 aromatic carbocycles. The Labute approximate surface area is 182 Å². The lowest BCUT2D eigenvalue weighted by Crippen LogP contribution is -2.45. The number of halogens is 1. The van der Waals surface area contributed by atoms with Crippen molar-refractivity contribution in [2.45, 2.75) is 25.5 Å². The van der Waals surface area contributed by atoms with Crippen molar-refractivity contribution < 1.29 is 14.3 Å². The van der Waals surface area contributed by atoms with Gasteiger partial charge in [0.15, 0.2) is 5.17 Å². The highest BCUT2D eigenvalue weighted by molar-refractivity contribution is 9.10. The average molecular weight is 476 g/mol. The molecule has 3 rings (SSSR count). The van der Waals surface area contributed by atoms with Gasteiger partial charge in [-0.25, -0.2) is 4.99 Å². The summed E-state index contributed by atoms with van der Waals surface area (Å²) in [4.78, 5) is 31.6. The van der Waals surface area contributed by atoms with Crippen LogP contribution in [-0.2, 0) is 9.59 Å². The van der Waals surface area contributed by atoms with Gasteiger partial charge in [0.25, 0.3) is 0 Å². The fraction of sp³-hybridized carbons (Fsp3) is 0.286. The Morgan fingerprint density at radius 2 is 2.03 bits per heavy atom. The van der Waals surface area contributed by atoms with Crippen LogP contribution in [0.3, 0.4) is 0 Å². The molecule has 0 saturated carbocycles. The number of nitrogens with zero attached hydrogens (tertiary/aromatic N) is 2. The van der Waals surface area contributed by atoms with Crippen LogP contribution in [0.4, 0.5) is 11.4 Å². The van der Waals surface area contributed by atoms with Gasteiger partial charge in [0.1, 0.15) is 11.0 Å². The van der Waals surface area contributed by atoms with Crippen molar-refractivity contribution in [3.05, 3.63) is 53.0 Å². The SMILES string of the molecule is CCOc1ccc(N=C2SC(C(=O)Nc3cccc(Br)c3)CC(=O)N2CC)cc1. The van der Waals surface area contributed by atoms with E-state index in [-0.39, 0.29) is 18.2 Å². The van der Waals surface area contributed by atoms with Crippen LogP contribution in [0.2, 0.25) is 0 Å². The number of amides is 2. The van der Waals surface area contributed by atoms with Gasteiger partial charge in [0.2, 0.25) is 11.8 Å². The molecular weight excluding hydrogens is 454 g/mol. The molecule has 1 unspecified atom stereocenters. The largest absolute Gasteiger partial charge is 0.494 e. The highest BCUT2D eigenvalue weighted by atomic mass is 79.9. The molecule has 0 spiro atoms. The van der Waals surface area contributed by atoms with Gasteiger partial charge in [-0.1, -0.05) is 33.8 Å². The topological polar surface area (TPSA) is 71.0 Å². The highest BCUT2D eigenvalue weighted by Crippen LogP contribution is 2.30. The molecule has 1 N–H and O–H groups in total. The molecule has 6 nitrogen and oxygen atoms in total. The van der Waals surface area contributed by atoms with E-state index in [4.69, 9.17) is 4.74 Å². The molecule has 1 fully saturated rings. The molecule has 2 aromatic rings. The fourth-order valence-corrected chi connectivity index (χ4v) is 4.40. The Hall–Kier alpha value is -2.32. The average Bonchev–Trinajstić information content (AvgIpc) is 2.69. The Kier molecular flexibility index (Phi) is 7.33. The molecule has 0 aliphatic carbocycles. The summed E-state index contributed by atoms with van der Waals surface area (Å²) in [5.74, 6) is 0.448.